The van der Waals surface area contributed by atoms with E-state index in [4.69, 9.17) is 27.1 Å². The molecule has 3 N–H and O–H groups in total. The first-order valence-corrected chi connectivity index (χ1v) is 16.3. The molecule has 8 rings (SSSR count). The van der Waals surface area contributed by atoms with Crippen LogP contribution in [0.3, 0.4) is 0 Å². The number of nitrogens with one attached hydrogen (secondary N) is 1. The molecule has 0 radical (unpaired) electrons. The van der Waals surface area contributed by atoms with Gasteiger partial charge in [-0.3, -0.25) is 4.90 Å². The number of nitrogen functional groups attached to an aromatic ring is 1. The smallest absolute Gasteiger partial charge is 0.319 e. The van der Waals surface area contributed by atoms with Crippen LogP contribution < -0.4 is 20.7 Å². The van der Waals surface area contributed by atoms with Gasteiger partial charge in [-0.2, -0.15) is 15.2 Å². The molecule has 3 atom stereocenters. The van der Waals surface area contributed by atoms with Gasteiger partial charge in [0.2, 0.25) is 0 Å². The third-order valence-electron chi connectivity index (χ3n) is 9.87. The summed E-state index contributed by atoms with van der Waals surface area (Å²) in [5.74, 6) is -0.759. The second kappa shape index (κ2) is 10.7. The lowest BCUT2D eigenvalue weighted by Crippen LogP contribution is -2.51. The zero-order valence-corrected chi connectivity index (χ0v) is 25.7. The number of ether oxygens (including phenoxy) is 1. The monoisotopic (exact) mass is 651 g/mol. The summed E-state index contributed by atoms with van der Waals surface area (Å²) in [5.41, 5.74) is 6.76. The lowest BCUT2D eigenvalue weighted by atomic mass is 9.94. The summed E-state index contributed by atoms with van der Waals surface area (Å²) < 4.78 is 51.7. The number of piperazine rings is 1. The van der Waals surface area contributed by atoms with Gasteiger partial charge in [-0.1, -0.05) is 17.7 Å². The standard InChI is InChI=1S/C32H29ClF3N7OS/c33-22-8-20-27(26(36)25(22)19-4-5-23(35)28-24(19)21(11-37)29(38)45-28)40-31(41-30(20)42-13-17-2-3-18(14-42)39-17)44-15-32-6-1-7-43(32)12-16(9-32)10-34/h4-5,8,10,17-18,39H,1-3,6-7,9,12-15,38H2/b16-10-/t17?,18?,32-/m0/s1. The molecule has 4 saturated heterocycles. The largest absolute Gasteiger partial charge is 0.461 e. The van der Waals surface area contributed by atoms with Gasteiger partial charge in [0.1, 0.15) is 34.8 Å². The van der Waals surface area contributed by atoms with E-state index in [0.717, 1.165) is 49.1 Å². The van der Waals surface area contributed by atoms with E-state index in [2.05, 4.69) is 20.1 Å². The van der Waals surface area contributed by atoms with Crippen LogP contribution in [0.25, 0.3) is 32.1 Å². The Morgan fingerprint density at radius 1 is 1.24 bits per heavy atom. The van der Waals surface area contributed by atoms with Crippen LogP contribution in [0, 0.1) is 23.0 Å². The van der Waals surface area contributed by atoms with Crippen LogP contribution in [-0.2, 0) is 0 Å². The molecule has 8 nitrogen and oxygen atoms in total. The fourth-order valence-electron chi connectivity index (χ4n) is 7.84. The number of aromatic nitrogens is 2. The molecule has 2 aromatic carbocycles. The Kier molecular flexibility index (Phi) is 6.87. The van der Waals surface area contributed by atoms with E-state index >= 15 is 4.39 Å². The van der Waals surface area contributed by atoms with Gasteiger partial charge < -0.3 is 20.7 Å². The van der Waals surface area contributed by atoms with E-state index < -0.39 is 11.6 Å². The van der Waals surface area contributed by atoms with Crippen molar-refractivity contribution in [2.24, 2.45) is 0 Å². The molecule has 232 valence electrons. The number of fused-ring (bicyclic) bond motifs is 5. The molecular weight excluding hydrogens is 623 g/mol. The molecule has 2 bridgehead atoms. The number of halogens is 4. The minimum atomic E-state index is -0.727. The quantitative estimate of drug-likeness (QED) is 0.259. The zero-order valence-electron chi connectivity index (χ0n) is 24.2. The maximum absolute atomic E-state index is 16.9. The average Bonchev–Trinajstić information content (AvgIpc) is 3.77. The minimum Gasteiger partial charge on any atom is -0.461 e. The van der Waals surface area contributed by atoms with Crippen LogP contribution in [0.15, 0.2) is 30.1 Å². The summed E-state index contributed by atoms with van der Waals surface area (Å²) in [6.45, 7) is 3.03. The summed E-state index contributed by atoms with van der Waals surface area (Å²) in [6, 6.07) is 6.91. The summed E-state index contributed by atoms with van der Waals surface area (Å²) in [6.07, 6.45) is 5.17. The Hall–Kier alpha value is -3.63. The molecular formula is C32H29ClF3N7OS. The van der Waals surface area contributed by atoms with Gasteiger partial charge in [0.05, 0.1) is 27.2 Å². The van der Waals surface area contributed by atoms with Gasteiger partial charge in [0.25, 0.3) is 0 Å². The van der Waals surface area contributed by atoms with Crippen molar-refractivity contribution in [2.45, 2.75) is 49.7 Å². The van der Waals surface area contributed by atoms with E-state index in [0.29, 0.717) is 43.6 Å². The highest BCUT2D eigenvalue weighted by Crippen LogP contribution is 2.46. The van der Waals surface area contributed by atoms with E-state index in [9.17, 15) is 14.0 Å². The number of hydrogen-bond acceptors (Lipinski definition) is 9. The SMILES string of the molecule is N#Cc1c(N)sc2c(F)ccc(-c3c(Cl)cc4c(N5CC6CCC(C5)N6)nc(OC[C@@]56CCCN5C/C(=C\F)C6)nc4c3F)c12. The number of nitrogens with zero attached hydrogens (tertiary/aromatic N) is 5. The topological polar surface area (TPSA) is 103 Å². The number of thiophene rings is 1. The Labute approximate surface area is 266 Å². The maximum Gasteiger partial charge on any atom is 0.319 e. The van der Waals surface area contributed by atoms with Crippen molar-refractivity contribution in [2.75, 3.05) is 43.4 Å². The molecule has 2 unspecified atom stereocenters. The number of nitrogens with two attached hydrogens (primary N) is 1. The molecule has 13 heteroatoms. The van der Waals surface area contributed by atoms with Crippen LogP contribution in [-0.4, -0.2) is 65.3 Å². The predicted molar refractivity (Wildman–Crippen MR) is 169 cm³/mol. The van der Waals surface area contributed by atoms with Gasteiger partial charge in [0.15, 0.2) is 5.82 Å². The number of benzene rings is 2. The highest BCUT2D eigenvalue weighted by Gasteiger charge is 2.47. The lowest BCUT2D eigenvalue weighted by Gasteiger charge is -2.34. The van der Waals surface area contributed by atoms with Crippen molar-refractivity contribution >= 4 is 54.7 Å². The van der Waals surface area contributed by atoms with E-state index in [1.165, 1.54) is 12.1 Å². The van der Waals surface area contributed by atoms with Crippen molar-refractivity contribution in [1.82, 2.24) is 20.2 Å². The van der Waals surface area contributed by atoms with Crippen LogP contribution >= 0.6 is 22.9 Å². The van der Waals surface area contributed by atoms with Crippen molar-refractivity contribution in [1.29, 1.82) is 5.26 Å². The third-order valence-corrected chi connectivity index (χ3v) is 11.2. The minimum absolute atomic E-state index is 0.00599. The summed E-state index contributed by atoms with van der Waals surface area (Å²) in [4.78, 5) is 13.8. The fraction of sp³-hybridized carbons (Fsp3) is 0.406. The van der Waals surface area contributed by atoms with Gasteiger partial charge in [-0.05, 0) is 61.9 Å². The molecule has 6 heterocycles. The number of rotatable bonds is 5. The number of anilines is 2. The molecule has 0 amide bonds. The van der Waals surface area contributed by atoms with Crippen molar-refractivity contribution in [3.05, 3.63) is 52.3 Å². The van der Waals surface area contributed by atoms with Crippen molar-refractivity contribution in [3.63, 3.8) is 0 Å². The van der Waals surface area contributed by atoms with Gasteiger partial charge in [0, 0.05) is 48.1 Å². The van der Waals surface area contributed by atoms with Gasteiger partial charge >= 0.3 is 6.01 Å². The predicted octanol–water partition coefficient (Wildman–Crippen LogP) is 6.31. The first-order chi connectivity index (χ1) is 21.8. The first-order valence-electron chi connectivity index (χ1n) is 15.1. The second-order valence-electron chi connectivity index (χ2n) is 12.6. The van der Waals surface area contributed by atoms with E-state index in [1.807, 2.05) is 6.07 Å². The highest BCUT2D eigenvalue weighted by atomic mass is 35.5. The van der Waals surface area contributed by atoms with Crippen molar-refractivity contribution in [3.8, 4) is 23.2 Å². The Balaban J connectivity index is 1.28. The maximum atomic E-state index is 16.9. The number of nitriles is 1. The van der Waals surface area contributed by atoms with Crippen LogP contribution in [0.1, 0.15) is 37.7 Å². The summed E-state index contributed by atoms with van der Waals surface area (Å²) in [5, 5.41) is 14.3. The molecule has 4 fully saturated rings. The molecule has 4 aromatic rings. The lowest BCUT2D eigenvalue weighted by molar-refractivity contribution is 0.108. The number of hydrogen-bond donors (Lipinski definition) is 2. The van der Waals surface area contributed by atoms with E-state index in [1.54, 1.807) is 6.07 Å². The second-order valence-corrected chi connectivity index (χ2v) is 14.0. The third kappa shape index (κ3) is 4.54. The molecule has 2 aromatic heterocycles. The Morgan fingerprint density at radius 3 is 2.80 bits per heavy atom. The first kappa shape index (κ1) is 28.8. The zero-order chi connectivity index (χ0) is 31.0. The summed E-state index contributed by atoms with van der Waals surface area (Å²) in [7, 11) is 0. The highest BCUT2D eigenvalue weighted by molar-refractivity contribution is 7.23. The van der Waals surface area contributed by atoms with Gasteiger partial charge in [-0.15, -0.1) is 11.3 Å². The normalized spacial score (nSPS) is 25.5. The van der Waals surface area contributed by atoms with Gasteiger partial charge in [-0.25, -0.2) is 13.2 Å². The molecule has 45 heavy (non-hydrogen) atoms. The molecule has 0 saturated carbocycles. The van der Waals surface area contributed by atoms with E-state index in [-0.39, 0.29) is 72.6 Å². The van der Waals surface area contributed by atoms with Crippen LogP contribution in [0.5, 0.6) is 6.01 Å². The fourth-order valence-corrected chi connectivity index (χ4v) is 9.09. The molecule has 4 aliphatic rings. The van der Waals surface area contributed by atoms with Crippen LogP contribution in [0.4, 0.5) is 24.0 Å². The van der Waals surface area contributed by atoms with Crippen molar-refractivity contribution < 1.29 is 17.9 Å². The average molecular weight is 652 g/mol. The van der Waals surface area contributed by atoms with Crippen LogP contribution in [0.2, 0.25) is 5.02 Å². The Bertz CT molecular complexity index is 1950. The molecule has 4 aliphatic heterocycles. The molecule has 0 spiro atoms. The Morgan fingerprint density at radius 2 is 2.04 bits per heavy atom. The summed E-state index contributed by atoms with van der Waals surface area (Å²) >= 11 is 7.77. The molecule has 0 aliphatic carbocycles.